The van der Waals surface area contributed by atoms with Gasteiger partial charge in [0, 0.05) is 0 Å². The number of carbonyl (C=O) groups excluding carboxylic acids is 1. The Morgan fingerprint density at radius 1 is 1.62 bits per heavy atom. The summed E-state index contributed by atoms with van der Waals surface area (Å²) in [5.41, 5.74) is 1.70. The van der Waals surface area contributed by atoms with Gasteiger partial charge in [0.1, 0.15) is 11.6 Å². The zero-order chi connectivity index (χ0) is 9.84. The Kier molecular flexibility index (Phi) is 2.81. The molecule has 1 aromatic rings. The lowest BCUT2D eigenvalue weighted by Crippen LogP contribution is -2.30. The third-order valence-electron chi connectivity index (χ3n) is 1.55. The summed E-state index contributed by atoms with van der Waals surface area (Å²) in [5.74, 6) is 3.94. The predicted octanol–water partition coefficient (Wildman–Crippen LogP) is 0.438. The summed E-state index contributed by atoms with van der Waals surface area (Å²) >= 11 is 0. The number of carbonyl (C=O) groups is 1. The van der Waals surface area contributed by atoms with Gasteiger partial charge < -0.3 is 4.74 Å². The molecule has 0 unspecified atom stereocenters. The number of hydrazine groups is 1. The number of hydrogen-bond donors (Lipinski definition) is 2. The van der Waals surface area contributed by atoms with Gasteiger partial charge in [-0.2, -0.15) is 0 Å². The SMILES string of the molecule is COc1ccc(F)c(C(=O)NN)c1. The van der Waals surface area contributed by atoms with Gasteiger partial charge in [-0.15, -0.1) is 0 Å². The van der Waals surface area contributed by atoms with Gasteiger partial charge in [0.15, 0.2) is 0 Å². The molecule has 0 aromatic heterocycles. The van der Waals surface area contributed by atoms with E-state index in [0.29, 0.717) is 5.75 Å². The fraction of sp³-hybridized carbons (Fsp3) is 0.125. The van der Waals surface area contributed by atoms with Crippen LogP contribution in [0.25, 0.3) is 0 Å². The van der Waals surface area contributed by atoms with Crippen LogP contribution < -0.4 is 16.0 Å². The number of benzene rings is 1. The number of amides is 1. The summed E-state index contributed by atoms with van der Waals surface area (Å²) in [4.78, 5) is 11.0. The molecule has 0 heterocycles. The zero-order valence-electron chi connectivity index (χ0n) is 7.00. The first kappa shape index (κ1) is 9.47. The van der Waals surface area contributed by atoms with Crippen LogP contribution in [-0.2, 0) is 0 Å². The van der Waals surface area contributed by atoms with Gasteiger partial charge in [-0.25, -0.2) is 10.2 Å². The highest BCUT2D eigenvalue weighted by Crippen LogP contribution is 2.15. The Morgan fingerprint density at radius 3 is 2.85 bits per heavy atom. The maximum Gasteiger partial charge on any atom is 0.268 e. The second-order valence-electron chi connectivity index (χ2n) is 2.32. The second kappa shape index (κ2) is 3.86. The van der Waals surface area contributed by atoms with Gasteiger partial charge >= 0.3 is 0 Å². The molecule has 0 saturated carbocycles. The van der Waals surface area contributed by atoms with E-state index in [9.17, 15) is 9.18 Å². The molecule has 1 rings (SSSR count). The van der Waals surface area contributed by atoms with Crippen molar-refractivity contribution in [1.82, 2.24) is 5.43 Å². The monoisotopic (exact) mass is 184 g/mol. The smallest absolute Gasteiger partial charge is 0.268 e. The average molecular weight is 184 g/mol. The summed E-state index contributed by atoms with van der Waals surface area (Å²) < 4.78 is 17.8. The Balaban J connectivity index is 3.11. The van der Waals surface area contributed by atoms with E-state index in [4.69, 9.17) is 10.6 Å². The first-order chi connectivity index (χ1) is 6.19. The van der Waals surface area contributed by atoms with E-state index in [0.717, 1.165) is 6.07 Å². The van der Waals surface area contributed by atoms with Crippen molar-refractivity contribution in [3.63, 3.8) is 0 Å². The highest BCUT2D eigenvalue weighted by Gasteiger charge is 2.10. The van der Waals surface area contributed by atoms with Crippen molar-refractivity contribution in [3.05, 3.63) is 29.6 Å². The summed E-state index contributed by atoms with van der Waals surface area (Å²) in [6, 6.07) is 3.84. The molecular weight excluding hydrogens is 175 g/mol. The Morgan fingerprint density at radius 2 is 2.31 bits per heavy atom. The topological polar surface area (TPSA) is 64.3 Å². The highest BCUT2D eigenvalue weighted by atomic mass is 19.1. The summed E-state index contributed by atoms with van der Waals surface area (Å²) in [6.07, 6.45) is 0. The molecular formula is C8H9FN2O2. The standard InChI is InChI=1S/C8H9FN2O2/c1-13-5-2-3-7(9)6(4-5)8(12)11-10/h2-4H,10H2,1H3,(H,11,12). The van der Waals surface area contributed by atoms with E-state index in [2.05, 4.69) is 0 Å². The lowest BCUT2D eigenvalue weighted by Gasteiger charge is -2.04. The van der Waals surface area contributed by atoms with Crippen molar-refractivity contribution in [3.8, 4) is 5.75 Å². The number of rotatable bonds is 2. The van der Waals surface area contributed by atoms with Crippen LogP contribution in [0, 0.1) is 5.82 Å². The van der Waals surface area contributed by atoms with Crippen molar-refractivity contribution >= 4 is 5.91 Å². The minimum absolute atomic E-state index is 0.137. The molecule has 70 valence electrons. The van der Waals surface area contributed by atoms with Crippen molar-refractivity contribution in [1.29, 1.82) is 0 Å². The minimum Gasteiger partial charge on any atom is -0.497 e. The van der Waals surface area contributed by atoms with Gasteiger partial charge in [0.2, 0.25) is 0 Å². The molecule has 0 radical (unpaired) electrons. The molecule has 0 saturated heterocycles. The van der Waals surface area contributed by atoms with Crippen LogP contribution in [0.2, 0.25) is 0 Å². The molecule has 4 nitrogen and oxygen atoms in total. The molecule has 1 amide bonds. The van der Waals surface area contributed by atoms with Crippen molar-refractivity contribution in [2.45, 2.75) is 0 Å². The largest absolute Gasteiger partial charge is 0.497 e. The molecule has 0 spiro atoms. The Labute approximate surface area is 74.5 Å². The van der Waals surface area contributed by atoms with Gasteiger partial charge in [-0.1, -0.05) is 0 Å². The predicted molar refractivity (Wildman–Crippen MR) is 44.6 cm³/mol. The van der Waals surface area contributed by atoms with Gasteiger partial charge in [-0.3, -0.25) is 10.2 Å². The molecule has 0 aliphatic heterocycles. The first-order valence-corrected chi connectivity index (χ1v) is 3.53. The number of nitrogens with one attached hydrogen (secondary N) is 1. The van der Waals surface area contributed by atoms with E-state index in [1.54, 1.807) is 0 Å². The first-order valence-electron chi connectivity index (χ1n) is 3.53. The molecule has 5 heteroatoms. The minimum atomic E-state index is -0.684. The number of nitrogens with two attached hydrogens (primary N) is 1. The van der Waals surface area contributed by atoms with Crippen LogP contribution in [0.1, 0.15) is 10.4 Å². The number of methoxy groups -OCH3 is 1. The van der Waals surface area contributed by atoms with Crippen molar-refractivity contribution < 1.29 is 13.9 Å². The highest BCUT2D eigenvalue weighted by molar-refractivity contribution is 5.94. The van der Waals surface area contributed by atoms with E-state index < -0.39 is 11.7 Å². The van der Waals surface area contributed by atoms with E-state index in [1.165, 1.54) is 19.2 Å². The van der Waals surface area contributed by atoms with Crippen molar-refractivity contribution in [2.75, 3.05) is 7.11 Å². The quantitative estimate of drug-likeness (QED) is 0.398. The molecule has 0 atom stereocenters. The average Bonchev–Trinajstić information content (AvgIpc) is 2.17. The zero-order valence-corrected chi connectivity index (χ0v) is 7.00. The fourth-order valence-corrected chi connectivity index (χ4v) is 0.883. The Hall–Kier alpha value is -1.62. The summed E-state index contributed by atoms with van der Waals surface area (Å²) in [6.45, 7) is 0. The summed E-state index contributed by atoms with van der Waals surface area (Å²) in [7, 11) is 1.43. The van der Waals surface area contributed by atoms with Crippen LogP contribution in [0.5, 0.6) is 5.75 Å². The molecule has 0 aliphatic rings. The van der Waals surface area contributed by atoms with Crippen LogP contribution in [0.15, 0.2) is 18.2 Å². The molecule has 0 bridgehead atoms. The van der Waals surface area contributed by atoms with E-state index >= 15 is 0 Å². The molecule has 0 aliphatic carbocycles. The third kappa shape index (κ3) is 1.94. The van der Waals surface area contributed by atoms with Crippen LogP contribution in [0.4, 0.5) is 4.39 Å². The van der Waals surface area contributed by atoms with Gasteiger partial charge in [0.25, 0.3) is 5.91 Å². The lowest BCUT2D eigenvalue weighted by atomic mass is 10.2. The van der Waals surface area contributed by atoms with Gasteiger partial charge in [0.05, 0.1) is 12.7 Å². The van der Waals surface area contributed by atoms with Crippen LogP contribution in [-0.4, -0.2) is 13.0 Å². The number of nitrogen functional groups attached to an aromatic ring is 1. The fourth-order valence-electron chi connectivity index (χ4n) is 0.883. The lowest BCUT2D eigenvalue weighted by molar-refractivity contribution is 0.0949. The van der Waals surface area contributed by atoms with Crippen molar-refractivity contribution in [2.24, 2.45) is 5.84 Å². The Bertz CT molecular complexity index is 328. The molecule has 3 N–H and O–H groups in total. The van der Waals surface area contributed by atoms with E-state index in [1.807, 2.05) is 5.43 Å². The molecule has 1 aromatic carbocycles. The summed E-state index contributed by atoms with van der Waals surface area (Å²) in [5, 5.41) is 0. The third-order valence-corrected chi connectivity index (χ3v) is 1.55. The van der Waals surface area contributed by atoms with Crippen LogP contribution in [0.3, 0.4) is 0 Å². The molecule has 0 fully saturated rings. The van der Waals surface area contributed by atoms with Crippen LogP contribution >= 0.6 is 0 Å². The second-order valence-corrected chi connectivity index (χ2v) is 2.32. The maximum atomic E-state index is 13.0. The number of ether oxygens (including phenoxy) is 1. The maximum absolute atomic E-state index is 13.0. The number of halogens is 1. The van der Waals surface area contributed by atoms with E-state index in [-0.39, 0.29) is 5.56 Å². The number of hydrogen-bond acceptors (Lipinski definition) is 3. The van der Waals surface area contributed by atoms with Gasteiger partial charge in [-0.05, 0) is 18.2 Å². The molecule has 13 heavy (non-hydrogen) atoms. The normalized spacial score (nSPS) is 9.46.